The normalized spacial score (nSPS) is 17.7. The van der Waals surface area contributed by atoms with Gasteiger partial charge in [0.1, 0.15) is 17.1 Å². The average Bonchev–Trinajstić information content (AvgIpc) is 3.25. The van der Waals surface area contributed by atoms with E-state index in [0.29, 0.717) is 31.0 Å². The molecule has 2 amide bonds. The lowest BCUT2D eigenvalue weighted by Crippen LogP contribution is -2.63. The first-order valence-electron chi connectivity index (χ1n) is 10.9. The van der Waals surface area contributed by atoms with Gasteiger partial charge in [0.05, 0.1) is 12.2 Å². The molecule has 1 N–H and O–H groups in total. The van der Waals surface area contributed by atoms with Crippen molar-refractivity contribution in [2.45, 2.75) is 32.0 Å². The number of methoxy groups -OCH3 is 1. The van der Waals surface area contributed by atoms with Crippen LogP contribution in [0.2, 0.25) is 0 Å². The second-order valence-corrected chi connectivity index (χ2v) is 8.33. The van der Waals surface area contributed by atoms with Gasteiger partial charge in [-0.15, -0.1) is 0 Å². The topological polar surface area (TPSA) is 76.5 Å². The smallest absolute Gasteiger partial charge is 0.273 e. The van der Waals surface area contributed by atoms with Gasteiger partial charge in [-0.3, -0.25) is 14.3 Å². The molecule has 0 radical (unpaired) electrons. The summed E-state index contributed by atoms with van der Waals surface area (Å²) >= 11 is 0. The average molecular weight is 451 g/mol. The Kier molecular flexibility index (Phi) is 6.55. The minimum absolute atomic E-state index is 0.174. The highest BCUT2D eigenvalue weighted by molar-refractivity contribution is 6.00. The van der Waals surface area contributed by atoms with E-state index in [1.165, 1.54) is 12.1 Å². The Morgan fingerprint density at radius 1 is 1.18 bits per heavy atom. The molecule has 0 bridgehead atoms. The standard InChI is InChI=1S/C25H27FN4O3/c1-25(24(32)27-13-6-14-33-2)17-30-22(15-21(28-30)19-7-4-3-5-8-19)23(31)29(25)16-18-9-11-20(26)12-10-18/h3-5,7-12,15H,6,13-14,16-17H2,1-2H3,(H,27,32)/t25-/m1/s1. The molecule has 0 saturated carbocycles. The van der Waals surface area contributed by atoms with Crippen LogP contribution in [0.25, 0.3) is 11.3 Å². The van der Waals surface area contributed by atoms with Gasteiger partial charge in [-0.1, -0.05) is 42.5 Å². The van der Waals surface area contributed by atoms with Gasteiger partial charge in [-0.05, 0) is 37.1 Å². The van der Waals surface area contributed by atoms with E-state index < -0.39 is 5.54 Å². The molecule has 1 aliphatic rings. The van der Waals surface area contributed by atoms with Crippen molar-refractivity contribution in [3.8, 4) is 11.3 Å². The van der Waals surface area contributed by atoms with Crippen LogP contribution in [-0.4, -0.2) is 52.3 Å². The molecular weight excluding hydrogens is 423 g/mol. The first kappa shape index (κ1) is 22.7. The molecule has 0 spiro atoms. The number of fused-ring (bicyclic) bond motifs is 1. The van der Waals surface area contributed by atoms with Crippen LogP contribution in [0.15, 0.2) is 60.7 Å². The molecule has 3 aromatic rings. The Hall–Kier alpha value is -3.52. The maximum absolute atomic E-state index is 13.6. The summed E-state index contributed by atoms with van der Waals surface area (Å²) in [6.45, 7) is 3.08. The fourth-order valence-electron chi connectivity index (χ4n) is 4.02. The van der Waals surface area contributed by atoms with E-state index in [-0.39, 0.29) is 30.7 Å². The summed E-state index contributed by atoms with van der Waals surface area (Å²) in [6.07, 6.45) is 0.662. The van der Waals surface area contributed by atoms with Gasteiger partial charge in [0, 0.05) is 32.4 Å². The van der Waals surface area contributed by atoms with Crippen molar-refractivity contribution in [1.29, 1.82) is 0 Å². The van der Waals surface area contributed by atoms with Crippen LogP contribution < -0.4 is 5.32 Å². The Morgan fingerprint density at radius 3 is 2.61 bits per heavy atom. The monoisotopic (exact) mass is 450 g/mol. The van der Waals surface area contributed by atoms with Gasteiger partial charge in [0.25, 0.3) is 5.91 Å². The maximum Gasteiger partial charge on any atom is 0.273 e. The van der Waals surface area contributed by atoms with Crippen LogP contribution in [-0.2, 0) is 22.6 Å². The number of nitrogens with zero attached hydrogens (tertiary/aromatic N) is 3. The predicted octanol–water partition coefficient (Wildman–Crippen LogP) is 3.26. The number of ether oxygens (including phenoxy) is 1. The SMILES string of the molecule is COCCCNC(=O)[C@@]1(C)Cn2nc(-c3ccccc3)cc2C(=O)N1Cc1ccc(F)cc1. The van der Waals surface area contributed by atoms with Crippen LogP contribution in [0.5, 0.6) is 0 Å². The van der Waals surface area contributed by atoms with Gasteiger partial charge in [0.2, 0.25) is 5.91 Å². The second-order valence-electron chi connectivity index (χ2n) is 8.33. The number of benzene rings is 2. The van der Waals surface area contributed by atoms with E-state index >= 15 is 0 Å². The molecule has 0 saturated heterocycles. The first-order valence-corrected chi connectivity index (χ1v) is 10.9. The lowest BCUT2D eigenvalue weighted by Gasteiger charge is -2.43. The van der Waals surface area contributed by atoms with E-state index in [9.17, 15) is 14.0 Å². The van der Waals surface area contributed by atoms with Crippen LogP contribution in [0, 0.1) is 5.82 Å². The molecule has 0 aliphatic carbocycles. The van der Waals surface area contributed by atoms with Gasteiger partial charge in [-0.2, -0.15) is 5.10 Å². The number of amides is 2. The molecule has 8 heteroatoms. The quantitative estimate of drug-likeness (QED) is 0.535. The molecule has 2 heterocycles. The number of nitrogens with one attached hydrogen (secondary N) is 1. The molecule has 172 valence electrons. The molecule has 1 aromatic heterocycles. The highest BCUT2D eigenvalue weighted by atomic mass is 19.1. The van der Waals surface area contributed by atoms with Gasteiger partial charge >= 0.3 is 0 Å². The van der Waals surface area contributed by atoms with Gasteiger partial charge in [0.15, 0.2) is 0 Å². The predicted molar refractivity (Wildman–Crippen MR) is 122 cm³/mol. The van der Waals surface area contributed by atoms with E-state index in [2.05, 4.69) is 10.4 Å². The van der Waals surface area contributed by atoms with E-state index in [1.54, 1.807) is 41.8 Å². The first-order chi connectivity index (χ1) is 15.9. The molecule has 0 fully saturated rings. The molecule has 33 heavy (non-hydrogen) atoms. The maximum atomic E-state index is 13.6. The van der Waals surface area contributed by atoms with Crippen molar-refractivity contribution < 1.29 is 18.7 Å². The largest absolute Gasteiger partial charge is 0.385 e. The lowest BCUT2D eigenvalue weighted by molar-refractivity contribution is -0.133. The fourth-order valence-corrected chi connectivity index (χ4v) is 4.02. The third kappa shape index (κ3) is 4.66. The summed E-state index contributed by atoms with van der Waals surface area (Å²) in [6, 6.07) is 17.3. The Morgan fingerprint density at radius 2 is 1.91 bits per heavy atom. The summed E-state index contributed by atoms with van der Waals surface area (Å²) in [4.78, 5) is 28.5. The molecule has 1 aliphatic heterocycles. The zero-order valence-electron chi connectivity index (χ0n) is 18.8. The lowest BCUT2D eigenvalue weighted by atomic mass is 9.94. The molecule has 7 nitrogen and oxygen atoms in total. The summed E-state index contributed by atoms with van der Waals surface area (Å²) in [7, 11) is 1.61. The Balaban J connectivity index is 1.68. The molecular formula is C25H27FN4O3. The number of rotatable bonds is 8. The fraction of sp³-hybridized carbons (Fsp3) is 0.320. The number of aromatic nitrogens is 2. The van der Waals surface area contributed by atoms with Crippen molar-refractivity contribution >= 4 is 11.8 Å². The van der Waals surface area contributed by atoms with Crippen LogP contribution in [0.1, 0.15) is 29.4 Å². The Bertz CT molecular complexity index is 1130. The Labute approximate surface area is 192 Å². The second kappa shape index (κ2) is 9.54. The number of halogens is 1. The van der Waals surface area contributed by atoms with Crippen molar-refractivity contribution in [2.75, 3.05) is 20.3 Å². The van der Waals surface area contributed by atoms with Gasteiger partial charge in [-0.25, -0.2) is 4.39 Å². The highest BCUT2D eigenvalue weighted by Crippen LogP contribution is 2.31. The van der Waals surface area contributed by atoms with E-state index in [1.807, 2.05) is 30.3 Å². The number of carbonyl (C=O) groups excluding carboxylic acids is 2. The van der Waals surface area contributed by atoms with Crippen molar-refractivity contribution in [3.05, 3.63) is 77.7 Å². The van der Waals surface area contributed by atoms with Crippen molar-refractivity contribution in [1.82, 2.24) is 20.0 Å². The van der Waals surface area contributed by atoms with Crippen LogP contribution >= 0.6 is 0 Å². The van der Waals surface area contributed by atoms with Crippen molar-refractivity contribution in [3.63, 3.8) is 0 Å². The number of hydrogen-bond donors (Lipinski definition) is 1. The highest BCUT2D eigenvalue weighted by Gasteiger charge is 2.47. The zero-order chi connectivity index (χ0) is 23.4. The van der Waals surface area contributed by atoms with Crippen molar-refractivity contribution in [2.24, 2.45) is 0 Å². The van der Waals surface area contributed by atoms with E-state index in [0.717, 1.165) is 11.1 Å². The number of carbonyl (C=O) groups is 2. The summed E-state index contributed by atoms with van der Waals surface area (Å²) < 4.78 is 20.1. The third-order valence-corrected chi connectivity index (χ3v) is 5.92. The minimum Gasteiger partial charge on any atom is -0.385 e. The minimum atomic E-state index is -1.18. The zero-order valence-corrected chi connectivity index (χ0v) is 18.8. The molecule has 1 atom stereocenters. The van der Waals surface area contributed by atoms with Gasteiger partial charge < -0.3 is 15.0 Å². The van der Waals surface area contributed by atoms with Crippen LogP contribution in [0.3, 0.4) is 0 Å². The number of hydrogen-bond acceptors (Lipinski definition) is 4. The summed E-state index contributed by atoms with van der Waals surface area (Å²) in [5.74, 6) is -0.917. The van der Waals surface area contributed by atoms with Crippen LogP contribution in [0.4, 0.5) is 4.39 Å². The molecule has 2 aromatic carbocycles. The molecule has 4 rings (SSSR count). The summed E-state index contributed by atoms with van der Waals surface area (Å²) in [5.41, 5.74) is 1.54. The third-order valence-electron chi connectivity index (χ3n) is 5.92. The molecule has 0 unspecified atom stereocenters. The van der Waals surface area contributed by atoms with E-state index in [4.69, 9.17) is 4.74 Å². The summed E-state index contributed by atoms with van der Waals surface area (Å²) in [5, 5.41) is 7.56.